The Labute approximate surface area is 170 Å². The first-order chi connectivity index (χ1) is 14.1. The molecule has 154 valence electrons. The molecular formula is C23H27FN2O3. The third-order valence-electron chi connectivity index (χ3n) is 5.72. The van der Waals surface area contributed by atoms with Crippen LogP contribution in [0.5, 0.6) is 11.5 Å². The molecule has 2 aliphatic heterocycles. The zero-order chi connectivity index (χ0) is 20.2. The highest BCUT2D eigenvalue weighted by Gasteiger charge is 2.24. The summed E-state index contributed by atoms with van der Waals surface area (Å²) >= 11 is 0. The molecule has 1 fully saturated rings. The normalized spacial score (nSPS) is 18.6. The number of amides is 1. The molecule has 6 heteroatoms. The van der Waals surface area contributed by atoms with Gasteiger partial charge in [-0.1, -0.05) is 12.1 Å². The lowest BCUT2D eigenvalue weighted by Gasteiger charge is -2.33. The fourth-order valence-corrected chi connectivity index (χ4v) is 4.20. The first kappa shape index (κ1) is 19.7. The number of rotatable bonds is 6. The van der Waals surface area contributed by atoms with Crippen molar-refractivity contribution in [2.45, 2.75) is 39.2 Å². The van der Waals surface area contributed by atoms with Gasteiger partial charge in [-0.05, 0) is 68.5 Å². The van der Waals surface area contributed by atoms with Crippen LogP contribution in [0.15, 0.2) is 36.4 Å². The quantitative estimate of drug-likeness (QED) is 0.779. The predicted molar refractivity (Wildman–Crippen MR) is 110 cm³/mol. The van der Waals surface area contributed by atoms with Gasteiger partial charge in [0.15, 0.2) is 11.5 Å². The summed E-state index contributed by atoms with van der Waals surface area (Å²) in [7, 11) is 0. The van der Waals surface area contributed by atoms with Crippen molar-refractivity contribution in [2.75, 3.05) is 25.2 Å². The van der Waals surface area contributed by atoms with Gasteiger partial charge in [-0.15, -0.1) is 0 Å². The molecule has 29 heavy (non-hydrogen) atoms. The van der Waals surface area contributed by atoms with Crippen LogP contribution in [0.2, 0.25) is 0 Å². The number of carbonyl (C=O) groups is 1. The molecule has 2 aromatic rings. The number of halogens is 1. The van der Waals surface area contributed by atoms with E-state index >= 15 is 0 Å². The number of carbonyl (C=O) groups excluding carboxylic acids is 1. The van der Waals surface area contributed by atoms with Crippen molar-refractivity contribution in [3.63, 3.8) is 0 Å². The monoisotopic (exact) mass is 398 g/mol. The number of para-hydroxylation sites is 1. The molecule has 2 aromatic carbocycles. The number of nitrogens with one attached hydrogen (secondary N) is 1. The molecule has 1 N–H and O–H groups in total. The van der Waals surface area contributed by atoms with Crippen molar-refractivity contribution >= 4 is 11.6 Å². The first-order valence-electron chi connectivity index (χ1n) is 10.2. The van der Waals surface area contributed by atoms with Crippen LogP contribution in [0.3, 0.4) is 0 Å². The molecule has 0 bridgehead atoms. The minimum absolute atomic E-state index is 0.0109. The molecule has 1 saturated heterocycles. The Bertz CT molecular complexity index is 886. The summed E-state index contributed by atoms with van der Waals surface area (Å²) in [6.07, 6.45) is 3.61. The summed E-state index contributed by atoms with van der Waals surface area (Å²) in [5, 5.41) is 2.91. The van der Waals surface area contributed by atoms with E-state index in [0.717, 1.165) is 61.5 Å². The number of aryl methyl sites for hydroxylation is 1. The van der Waals surface area contributed by atoms with Gasteiger partial charge >= 0.3 is 0 Å². The maximum Gasteiger partial charge on any atom is 0.231 e. The summed E-state index contributed by atoms with van der Waals surface area (Å²) in [6, 6.07) is 10.5. The Hall–Kier alpha value is -2.60. The maximum atomic E-state index is 13.2. The van der Waals surface area contributed by atoms with E-state index in [1.54, 1.807) is 13.0 Å². The summed E-state index contributed by atoms with van der Waals surface area (Å²) in [6.45, 7) is 4.96. The van der Waals surface area contributed by atoms with E-state index < -0.39 is 0 Å². The Morgan fingerprint density at radius 3 is 3.03 bits per heavy atom. The Balaban J connectivity index is 1.28. The van der Waals surface area contributed by atoms with E-state index in [4.69, 9.17) is 9.47 Å². The van der Waals surface area contributed by atoms with Crippen molar-refractivity contribution in [1.29, 1.82) is 0 Å². The summed E-state index contributed by atoms with van der Waals surface area (Å²) in [5.41, 5.74) is 2.58. The van der Waals surface area contributed by atoms with Gasteiger partial charge in [0, 0.05) is 30.8 Å². The van der Waals surface area contributed by atoms with Gasteiger partial charge in [-0.25, -0.2) is 4.39 Å². The second kappa shape index (κ2) is 8.82. The number of fused-ring (bicyclic) bond motifs is 1. The van der Waals surface area contributed by atoms with Crippen LogP contribution in [0, 0.1) is 18.7 Å². The molecule has 0 aliphatic carbocycles. The van der Waals surface area contributed by atoms with E-state index in [9.17, 15) is 9.18 Å². The highest BCUT2D eigenvalue weighted by molar-refractivity contribution is 5.91. The van der Waals surface area contributed by atoms with E-state index in [0.29, 0.717) is 18.0 Å². The third-order valence-corrected chi connectivity index (χ3v) is 5.72. The van der Waals surface area contributed by atoms with Crippen molar-refractivity contribution < 1.29 is 18.7 Å². The molecule has 1 atom stereocenters. The highest BCUT2D eigenvalue weighted by atomic mass is 19.1. The molecule has 2 heterocycles. The third kappa shape index (κ3) is 4.88. The van der Waals surface area contributed by atoms with E-state index in [1.165, 1.54) is 12.1 Å². The molecule has 4 rings (SSSR count). The van der Waals surface area contributed by atoms with Crippen LogP contribution in [-0.2, 0) is 11.3 Å². The maximum absolute atomic E-state index is 13.2. The van der Waals surface area contributed by atoms with Crippen LogP contribution in [0.25, 0.3) is 0 Å². The lowest BCUT2D eigenvalue weighted by Crippen LogP contribution is -2.35. The number of nitrogens with zero attached hydrogens (tertiary/aromatic N) is 1. The summed E-state index contributed by atoms with van der Waals surface area (Å²) < 4.78 is 24.3. The topological polar surface area (TPSA) is 50.8 Å². The van der Waals surface area contributed by atoms with Crippen molar-refractivity contribution in [3.8, 4) is 11.5 Å². The molecule has 0 saturated carbocycles. The van der Waals surface area contributed by atoms with Crippen LogP contribution in [0.4, 0.5) is 10.1 Å². The number of hydrogen-bond donors (Lipinski definition) is 1. The molecule has 1 amide bonds. The highest BCUT2D eigenvalue weighted by Crippen LogP contribution is 2.36. The van der Waals surface area contributed by atoms with Crippen LogP contribution >= 0.6 is 0 Å². The molecule has 0 aromatic heterocycles. The fraction of sp³-hybridized carbons (Fsp3) is 0.435. The van der Waals surface area contributed by atoms with Crippen molar-refractivity contribution in [1.82, 2.24) is 4.90 Å². The zero-order valence-electron chi connectivity index (χ0n) is 16.7. The number of benzene rings is 2. The Kier molecular flexibility index (Phi) is 6.00. The zero-order valence-corrected chi connectivity index (χ0v) is 16.7. The average molecular weight is 398 g/mol. The minimum atomic E-state index is -0.288. The predicted octanol–water partition coefficient (Wildman–Crippen LogP) is 4.49. The molecule has 0 radical (unpaired) electrons. The molecule has 2 aliphatic rings. The fourth-order valence-electron chi connectivity index (χ4n) is 4.20. The van der Waals surface area contributed by atoms with Gasteiger partial charge in [0.1, 0.15) is 5.82 Å². The Morgan fingerprint density at radius 1 is 1.28 bits per heavy atom. The lowest BCUT2D eigenvalue weighted by atomic mass is 9.93. The number of anilines is 1. The first-order valence-corrected chi connectivity index (χ1v) is 10.2. The van der Waals surface area contributed by atoms with Crippen LogP contribution in [-0.4, -0.2) is 30.7 Å². The average Bonchev–Trinajstić information content (AvgIpc) is 3.19. The standard InChI is InChI=1S/C23H27FN2O3/c1-16-12-19(24)8-9-20(16)25-22(27)10-7-17-4-3-11-26(13-17)14-18-5-2-6-21-23(18)29-15-28-21/h2,5-6,8-9,12,17H,3-4,7,10-11,13-15H2,1H3,(H,25,27)/t17-/m0/s1. The van der Waals surface area contributed by atoms with Gasteiger partial charge in [-0.2, -0.15) is 0 Å². The molecular weight excluding hydrogens is 371 g/mol. The lowest BCUT2D eigenvalue weighted by molar-refractivity contribution is -0.116. The smallest absolute Gasteiger partial charge is 0.231 e. The van der Waals surface area contributed by atoms with Crippen molar-refractivity contribution in [2.24, 2.45) is 5.92 Å². The molecule has 0 unspecified atom stereocenters. The second-order valence-electron chi connectivity index (χ2n) is 7.94. The van der Waals surface area contributed by atoms with Crippen LogP contribution < -0.4 is 14.8 Å². The van der Waals surface area contributed by atoms with Crippen molar-refractivity contribution in [3.05, 3.63) is 53.3 Å². The minimum Gasteiger partial charge on any atom is -0.454 e. The second-order valence-corrected chi connectivity index (χ2v) is 7.94. The largest absolute Gasteiger partial charge is 0.454 e. The SMILES string of the molecule is Cc1cc(F)ccc1NC(=O)CC[C@@H]1CCCN(Cc2cccc3c2OCO3)C1. The van der Waals surface area contributed by atoms with Crippen LogP contribution in [0.1, 0.15) is 36.8 Å². The number of hydrogen-bond acceptors (Lipinski definition) is 4. The molecule has 5 nitrogen and oxygen atoms in total. The number of ether oxygens (including phenoxy) is 2. The van der Waals surface area contributed by atoms with Gasteiger partial charge in [-0.3, -0.25) is 9.69 Å². The van der Waals surface area contributed by atoms with Gasteiger partial charge < -0.3 is 14.8 Å². The van der Waals surface area contributed by atoms with E-state index in [2.05, 4.69) is 16.3 Å². The summed E-state index contributed by atoms with van der Waals surface area (Å²) in [4.78, 5) is 14.8. The molecule has 0 spiro atoms. The Morgan fingerprint density at radius 2 is 2.17 bits per heavy atom. The van der Waals surface area contributed by atoms with E-state index in [1.807, 2.05) is 12.1 Å². The van der Waals surface area contributed by atoms with Gasteiger partial charge in [0.25, 0.3) is 0 Å². The number of piperidine rings is 1. The van der Waals surface area contributed by atoms with Gasteiger partial charge in [0.2, 0.25) is 12.7 Å². The van der Waals surface area contributed by atoms with Gasteiger partial charge in [0.05, 0.1) is 0 Å². The van der Waals surface area contributed by atoms with E-state index in [-0.39, 0.29) is 18.5 Å². The summed E-state index contributed by atoms with van der Waals surface area (Å²) in [5.74, 6) is 1.89. The number of likely N-dealkylation sites (tertiary alicyclic amines) is 1.